The van der Waals surface area contributed by atoms with E-state index in [0.29, 0.717) is 12.5 Å². The quantitative estimate of drug-likeness (QED) is 0.724. The molecule has 0 amide bonds. The lowest BCUT2D eigenvalue weighted by Crippen LogP contribution is -2.29. The molecular formula is C17H26N2O4S. The van der Waals surface area contributed by atoms with Crippen molar-refractivity contribution >= 4 is 9.84 Å². The van der Waals surface area contributed by atoms with Gasteiger partial charge in [0.05, 0.1) is 36.2 Å². The van der Waals surface area contributed by atoms with Gasteiger partial charge in [-0.3, -0.25) is 4.98 Å². The standard InChI is InChI=1S/C17H26N2O4S/c20-7-8-24(21,22)16-2-1-15(19-10-16)12-23-11-14-9-17(14)13-3-5-18-6-4-13/h1-2,10,13-14,17-18,20H,3-9,11-12H2/t14-,17+/m0/s1. The fourth-order valence-corrected chi connectivity index (χ4v) is 4.51. The Labute approximate surface area is 143 Å². The third-order valence-corrected chi connectivity index (χ3v) is 6.74. The summed E-state index contributed by atoms with van der Waals surface area (Å²) in [5.74, 6) is 2.09. The van der Waals surface area contributed by atoms with E-state index >= 15 is 0 Å². The second kappa shape index (κ2) is 7.91. The molecule has 1 aromatic rings. The van der Waals surface area contributed by atoms with Crippen molar-refractivity contribution in [1.82, 2.24) is 10.3 Å². The SMILES string of the molecule is O=S(=O)(CCO)c1ccc(COC[C@@H]2C[C@@H]2C2CCNCC2)nc1. The first kappa shape index (κ1) is 17.8. The number of piperidine rings is 1. The Hall–Kier alpha value is -1.02. The summed E-state index contributed by atoms with van der Waals surface area (Å²) in [6.07, 6.45) is 5.19. The van der Waals surface area contributed by atoms with Crippen LogP contribution in [0.3, 0.4) is 0 Å². The number of sulfone groups is 1. The van der Waals surface area contributed by atoms with Gasteiger partial charge in [0, 0.05) is 6.20 Å². The Morgan fingerprint density at radius 3 is 2.75 bits per heavy atom. The summed E-state index contributed by atoms with van der Waals surface area (Å²) in [7, 11) is -3.43. The number of ether oxygens (including phenoxy) is 1. The number of aliphatic hydroxyl groups excluding tert-OH is 1. The first-order valence-electron chi connectivity index (χ1n) is 8.67. The van der Waals surface area contributed by atoms with Gasteiger partial charge in [0.1, 0.15) is 0 Å². The molecule has 3 rings (SSSR count). The summed E-state index contributed by atoms with van der Waals surface area (Å²) in [6, 6.07) is 3.22. The van der Waals surface area contributed by atoms with E-state index in [4.69, 9.17) is 9.84 Å². The van der Waals surface area contributed by atoms with Crippen molar-refractivity contribution in [2.45, 2.75) is 30.8 Å². The van der Waals surface area contributed by atoms with Crippen LogP contribution in [0.25, 0.3) is 0 Å². The molecule has 1 aliphatic heterocycles. The smallest absolute Gasteiger partial charge is 0.182 e. The average Bonchev–Trinajstić information content (AvgIpc) is 3.36. The summed E-state index contributed by atoms with van der Waals surface area (Å²) in [4.78, 5) is 4.31. The molecular weight excluding hydrogens is 328 g/mol. The normalized spacial score (nSPS) is 24.9. The summed E-state index contributed by atoms with van der Waals surface area (Å²) >= 11 is 0. The fraction of sp³-hybridized carbons (Fsp3) is 0.706. The highest BCUT2D eigenvalue weighted by Crippen LogP contribution is 2.47. The Kier molecular flexibility index (Phi) is 5.86. The molecule has 0 bridgehead atoms. The van der Waals surface area contributed by atoms with Gasteiger partial charge in [-0.25, -0.2) is 8.42 Å². The maximum Gasteiger partial charge on any atom is 0.182 e. The van der Waals surface area contributed by atoms with Crippen LogP contribution < -0.4 is 5.32 Å². The molecule has 6 nitrogen and oxygen atoms in total. The van der Waals surface area contributed by atoms with Gasteiger partial charge < -0.3 is 15.2 Å². The van der Waals surface area contributed by atoms with E-state index in [-0.39, 0.29) is 17.3 Å². The van der Waals surface area contributed by atoms with Crippen LogP contribution in [-0.4, -0.2) is 50.6 Å². The number of hydrogen-bond donors (Lipinski definition) is 2. The second-order valence-electron chi connectivity index (χ2n) is 6.79. The van der Waals surface area contributed by atoms with Crippen LogP contribution in [0.4, 0.5) is 0 Å². The largest absolute Gasteiger partial charge is 0.395 e. The van der Waals surface area contributed by atoms with Crippen molar-refractivity contribution in [3.63, 3.8) is 0 Å². The van der Waals surface area contributed by atoms with Crippen LogP contribution in [0, 0.1) is 17.8 Å². The lowest BCUT2D eigenvalue weighted by molar-refractivity contribution is 0.101. The maximum atomic E-state index is 11.8. The molecule has 2 N–H and O–H groups in total. The van der Waals surface area contributed by atoms with Crippen molar-refractivity contribution < 1.29 is 18.3 Å². The van der Waals surface area contributed by atoms with Gasteiger partial charge in [-0.15, -0.1) is 0 Å². The van der Waals surface area contributed by atoms with E-state index in [0.717, 1.165) is 37.2 Å². The molecule has 1 aromatic heterocycles. The first-order valence-corrected chi connectivity index (χ1v) is 10.3. The zero-order valence-corrected chi connectivity index (χ0v) is 14.7. The van der Waals surface area contributed by atoms with Gasteiger partial charge in [-0.05, 0) is 62.2 Å². The van der Waals surface area contributed by atoms with E-state index in [1.807, 2.05) is 0 Å². The molecule has 2 aliphatic rings. The third-order valence-electron chi connectivity index (χ3n) is 5.07. The molecule has 0 spiro atoms. The molecule has 1 saturated heterocycles. The number of rotatable bonds is 8. The molecule has 1 aliphatic carbocycles. The predicted molar refractivity (Wildman–Crippen MR) is 90.2 cm³/mol. The van der Waals surface area contributed by atoms with Crippen LogP contribution in [0.2, 0.25) is 0 Å². The van der Waals surface area contributed by atoms with Crippen LogP contribution in [-0.2, 0) is 21.2 Å². The Bertz CT molecular complexity index is 626. The molecule has 2 fully saturated rings. The Morgan fingerprint density at radius 1 is 1.29 bits per heavy atom. The summed E-state index contributed by atoms with van der Waals surface area (Å²) in [5, 5.41) is 12.2. The molecule has 24 heavy (non-hydrogen) atoms. The monoisotopic (exact) mass is 354 g/mol. The Balaban J connectivity index is 1.41. The van der Waals surface area contributed by atoms with Crippen LogP contribution in [0.1, 0.15) is 25.0 Å². The molecule has 0 unspecified atom stereocenters. The minimum absolute atomic E-state index is 0.147. The average molecular weight is 354 g/mol. The molecule has 1 saturated carbocycles. The lowest BCUT2D eigenvalue weighted by Gasteiger charge is -2.22. The van der Waals surface area contributed by atoms with Crippen molar-refractivity contribution in [2.75, 3.05) is 32.1 Å². The molecule has 0 aromatic carbocycles. The van der Waals surface area contributed by atoms with Gasteiger partial charge in [0.15, 0.2) is 9.84 Å². The zero-order chi connectivity index (χ0) is 17.0. The predicted octanol–water partition coefficient (Wildman–Crippen LogP) is 1.000. The number of aromatic nitrogens is 1. The third kappa shape index (κ3) is 4.53. The van der Waals surface area contributed by atoms with E-state index in [2.05, 4.69) is 10.3 Å². The second-order valence-corrected chi connectivity index (χ2v) is 8.90. The van der Waals surface area contributed by atoms with Crippen LogP contribution >= 0.6 is 0 Å². The van der Waals surface area contributed by atoms with Gasteiger partial charge in [0.25, 0.3) is 0 Å². The molecule has 7 heteroatoms. The van der Waals surface area contributed by atoms with Crippen molar-refractivity contribution in [3.05, 3.63) is 24.0 Å². The summed E-state index contributed by atoms with van der Waals surface area (Å²) < 4.78 is 29.4. The van der Waals surface area contributed by atoms with Crippen molar-refractivity contribution in [3.8, 4) is 0 Å². The summed E-state index contributed by atoms with van der Waals surface area (Å²) in [6.45, 7) is 3.08. The van der Waals surface area contributed by atoms with Gasteiger partial charge in [-0.1, -0.05) is 0 Å². The molecule has 134 valence electrons. The first-order chi connectivity index (χ1) is 11.6. The zero-order valence-electron chi connectivity index (χ0n) is 13.9. The lowest BCUT2D eigenvalue weighted by atomic mass is 9.92. The number of nitrogens with one attached hydrogen (secondary N) is 1. The maximum absolute atomic E-state index is 11.8. The minimum Gasteiger partial charge on any atom is -0.395 e. The number of aliphatic hydroxyl groups is 1. The minimum atomic E-state index is -3.43. The molecule has 0 radical (unpaired) electrons. The van der Waals surface area contributed by atoms with Crippen molar-refractivity contribution in [1.29, 1.82) is 0 Å². The highest BCUT2D eigenvalue weighted by Gasteiger charge is 2.42. The Morgan fingerprint density at radius 2 is 2.08 bits per heavy atom. The number of nitrogens with zero attached hydrogens (tertiary/aromatic N) is 1. The van der Waals surface area contributed by atoms with E-state index in [1.165, 1.54) is 31.5 Å². The fourth-order valence-electron chi connectivity index (χ4n) is 3.55. The van der Waals surface area contributed by atoms with E-state index < -0.39 is 9.84 Å². The number of hydrogen-bond acceptors (Lipinski definition) is 6. The van der Waals surface area contributed by atoms with Gasteiger partial charge in [0.2, 0.25) is 0 Å². The van der Waals surface area contributed by atoms with Crippen LogP contribution in [0.15, 0.2) is 23.2 Å². The highest BCUT2D eigenvalue weighted by molar-refractivity contribution is 7.91. The van der Waals surface area contributed by atoms with E-state index in [9.17, 15) is 8.42 Å². The summed E-state index contributed by atoms with van der Waals surface area (Å²) in [5.41, 5.74) is 0.733. The van der Waals surface area contributed by atoms with Gasteiger partial charge in [-0.2, -0.15) is 0 Å². The van der Waals surface area contributed by atoms with Crippen LogP contribution in [0.5, 0.6) is 0 Å². The molecule has 2 heterocycles. The van der Waals surface area contributed by atoms with Crippen molar-refractivity contribution in [2.24, 2.45) is 17.8 Å². The van der Waals surface area contributed by atoms with Gasteiger partial charge >= 0.3 is 0 Å². The number of pyridine rings is 1. The van der Waals surface area contributed by atoms with E-state index in [1.54, 1.807) is 6.07 Å². The topological polar surface area (TPSA) is 88.5 Å². The highest BCUT2D eigenvalue weighted by atomic mass is 32.2. The molecule has 2 atom stereocenters.